The number of rotatable bonds is 5. The van der Waals surface area contributed by atoms with Crippen molar-refractivity contribution in [2.24, 2.45) is 5.92 Å². The highest BCUT2D eigenvalue weighted by Gasteiger charge is 2.35. The van der Waals surface area contributed by atoms with Crippen molar-refractivity contribution in [2.75, 3.05) is 23.4 Å². The molecule has 26 heavy (non-hydrogen) atoms. The van der Waals surface area contributed by atoms with Gasteiger partial charge in [-0.3, -0.25) is 9.59 Å². The molecule has 3 rings (SSSR count). The van der Waals surface area contributed by atoms with Crippen LogP contribution in [-0.4, -0.2) is 25.0 Å². The molecule has 0 bridgehead atoms. The summed E-state index contributed by atoms with van der Waals surface area (Å²) in [5, 5.41) is 2.60. The molecule has 6 heteroatoms. The zero-order chi connectivity index (χ0) is 18.7. The third-order valence-corrected chi connectivity index (χ3v) is 4.33. The minimum atomic E-state index is -0.519. The number of hydrogen-bond donors (Lipinski definition) is 1. The minimum Gasteiger partial charge on any atom is -0.494 e. The Morgan fingerprint density at radius 3 is 2.69 bits per heavy atom. The summed E-state index contributed by atoms with van der Waals surface area (Å²) in [5.74, 6) is -0.756. The molecule has 0 aliphatic carbocycles. The Labute approximate surface area is 151 Å². The molecule has 1 saturated heterocycles. The summed E-state index contributed by atoms with van der Waals surface area (Å²) in [6, 6.07) is 11.7. The van der Waals surface area contributed by atoms with Crippen molar-refractivity contribution in [1.82, 2.24) is 0 Å². The number of nitrogens with one attached hydrogen (secondary N) is 1. The predicted molar refractivity (Wildman–Crippen MR) is 97.8 cm³/mol. The van der Waals surface area contributed by atoms with E-state index in [1.54, 1.807) is 41.3 Å². The molecule has 1 N–H and O–H groups in total. The van der Waals surface area contributed by atoms with Crippen LogP contribution in [0.2, 0.25) is 0 Å². The van der Waals surface area contributed by atoms with E-state index in [1.807, 2.05) is 13.8 Å². The first-order valence-corrected chi connectivity index (χ1v) is 8.58. The summed E-state index contributed by atoms with van der Waals surface area (Å²) in [6.07, 6.45) is 0.104. The normalized spacial score (nSPS) is 16.7. The van der Waals surface area contributed by atoms with Gasteiger partial charge in [-0.2, -0.15) is 0 Å². The van der Waals surface area contributed by atoms with Crippen molar-refractivity contribution in [2.45, 2.75) is 20.3 Å². The molecule has 1 heterocycles. The summed E-state index contributed by atoms with van der Waals surface area (Å²) in [6.45, 7) is 4.56. The predicted octanol–water partition coefficient (Wildman–Crippen LogP) is 3.52. The quantitative estimate of drug-likeness (QED) is 0.892. The highest BCUT2D eigenvalue weighted by molar-refractivity contribution is 6.03. The summed E-state index contributed by atoms with van der Waals surface area (Å²) in [5.41, 5.74) is 1.71. The number of carbonyl (C=O) groups is 2. The smallest absolute Gasteiger partial charge is 0.229 e. The Hall–Kier alpha value is -2.89. The van der Waals surface area contributed by atoms with Crippen LogP contribution in [0.15, 0.2) is 42.5 Å². The standard InChI is InChI=1S/C20H21FN2O3/c1-3-26-16-7-5-15(6-8-16)23-12-14(11-19(23)24)20(25)22-18-10-13(2)4-9-17(18)21/h4-10,14H,3,11-12H2,1-2H3,(H,22,25)/t14-/m1/s1. The van der Waals surface area contributed by atoms with Crippen LogP contribution in [0.4, 0.5) is 15.8 Å². The van der Waals surface area contributed by atoms with Crippen LogP contribution in [0, 0.1) is 18.7 Å². The van der Waals surface area contributed by atoms with Gasteiger partial charge in [-0.1, -0.05) is 6.07 Å². The van der Waals surface area contributed by atoms with Gasteiger partial charge in [0.25, 0.3) is 0 Å². The van der Waals surface area contributed by atoms with E-state index < -0.39 is 11.7 Å². The number of ether oxygens (including phenoxy) is 1. The zero-order valence-electron chi connectivity index (χ0n) is 14.8. The molecule has 1 aliphatic rings. The number of anilines is 2. The Morgan fingerprint density at radius 2 is 2.00 bits per heavy atom. The molecule has 136 valence electrons. The lowest BCUT2D eigenvalue weighted by Crippen LogP contribution is -2.28. The van der Waals surface area contributed by atoms with Crippen molar-refractivity contribution >= 4 is 23.2 Å². The Morgan fingerprint density at radius 1 is 1.27 bits per heavy atom. The van der Waals surface area contributed by atoms with Crippen molar-refractivity contribution in [3.8, 4) is 5.75 Å². The van der Waals surface area contributed by atoms with E-state index in [0.29, 0.717) is 6.61 Å². The van der Waals surface area contributed by atoms with E-state index in [9.17, 15) is 14.0 Å². The third-order valence-electron chi connectivity index (χ3n) is 4.33. The molecule has 1 fully saturated rings. The van der Waals surface area contributed by atoms with Crippen molar-refractivity contribution in [3.05, 3.63) is 53.8 Å². The first-order valence-electron chi connectivity index (χ1n) is 8.58. The molecular formula is C20H21FN2O3. The lowest BCUT2D eigenvalue weighted by Gasteiger charge is -2.17. The fourth-order valence-electron chi connectivity index (χ4n) is 2.99. The molecule has 0 saturated carbocycles. The summed E-state index contributed by atoms with van der Waals surface area (Å²) >= 11 is 0. The minimum absolute atomic E-state index is 0.104. The highest BCUT2D eigenvalue weighted by atomic mass is 19.1. The maximum atomic E-state index is 13.8. The molecule has 1 atom stereocenters. The number of aryl methyl sites for hydroxylation is 1. The van der Waals surface area contributed by atoms with Crippen LogP contribution in [0.1, 0.15) is 18.9 Å². The van der Waals surface area contributed by atoms with Crippen molar-refractivity contribution in [3.63, 3.8) is 0 Å². The maximum Gasteiger partial charge on any atom is 0.229 e. The SMILES string of the molecule is CCOc1ccc(N2C[C@H](C(=O)Nc3cc(C)ccc3F)CC2=O)cc1. The molecular weight excluding hydrogens is 335 g/mol. The molecule has 2 amide bonds. The van der Waals surface area contributed by atoms with Gasteiger partial charge in [-0.25, -0.2) is 4.39 Å². The van der Waals surface area contributed by atoms with E-state index in [4.69, 9.17) is 4.74 Å². The summed E-state index contributed by atoms with van der Waals surface area (Å²) in [7, 11) is 0. The molecule has 0 aromatic heterocycles. The van der Waals surface area contributed by atoms with E-state index in [-0.39, 0.29) is 30.5 Å². The van der Waals surface area contributed by atoms with Crippen molar-refractivity contribution < 1.29 is 18.7 Å². The van der Waals surface area contributed by atoms with E-state index >= 15 is 0 Å². The second-order valence-corrected chi connectivity index (χ2v) is 6.30. The van der Waals surface area contributed by atoms with E-state index in [0.717, 1.165) is 17.0 Å². The molecule has 2 aromatic rings. The summed E-state index contributed by atoms with van der Waals surface area (Å²) in [4.78, 5) is 26.4. The van der Waals surface area contributed by atoms with Gasteiger partial charge in [0.15, 0.2) is 0 Å². The summed E-state index contributed by atoms with van der Waals surface area (Å²) < 4.78 is 19.2. The second-order valence-electron chi connectivity index (χ2n) is 6.30. The number of nitrogens with zero attached hydrogens (tertiary/aromatic N) is 1. The zero-order valence-corrected chi connectivity index (χ0v) is 14.8. The van der Waals surface area contributed by atoms with Gasteiger partial charge in [-0.05, 0) is 55.8 Å². The van der Waals surface area contributed by atoms with Crippen LogP contribution < -0.4 is 15.0 Å². The van der Waals surface area contributed by atoms with E-state index in [1.165, 1.54) is 6.07 Å². The number of halogens is 1. The lowest BCUT2D eigenvalue weighted by atomic mass is 10.1. The van der Waals surface area contributed by atoms with E-state index in [2.05, 4.69) is 5.32 Å². The second kappa shape index (κ2) is 7.56. The van der Waals surface area contributed by atoms with Gasteiger partial charge in [0.05, 0.1) is 18.2 Å². The number of benzene rings is 2. The van der Waals surface area contributed by atoms with Gasteiger partial charge in [-0.15, -0.1) is 0 Å². The monoisotopic (exact) mass is 356 g/mol. The van der Waals surface area contributed by atoms with Gasteiger partial charge in [0, 0.05) is 18.7 Å². The van der Waals surface area contributed by atoms with Crippen LogP contribution in [0.25, 0.3) is 0 Å². The Balaban J connectivity index is 1.68. The first kappa shape index (κ1) is 17.9. The molecule has 0 spiro atoms. The first-order chi connectivity index (χ1) is 12.5. The largest absolute Gasteiger partial charge is 0.494 e. The molecule has 0 radical (unpaired) electrons. The fourth-order valence-corrected chi connectivity index (χ4v) is 2.99. The Bertz CT molecular complexity index is 820. The van der Waals surface area contributed by atoms with Gasteiger partial charge < -0.3 is 15.0 Å². The Kier molecular flexibility index (Phi) is 5.21. The van der Waals surface area contributed by atoms with Crippen LogP contribution in [-0.2, 0) is 9.59 Å². The number of hydrogen-bond acceptors (Lipinski definition) is 3. The number of amides is 2. The fraction of sp³-hybridized carbons (Fsp3) is 0.300. The van der Waals surface area contributed by atoms with Gasteiger partial charge in [0.2, 0.25) is 11.8 Å². The van der Waals surface area contributed by atoms with Gasteiger partial charge >= 0.3 is 0 Å². The van der Waals surface area contributed by atoms with Gasteiger partial charge in [0.1, 0.15) is 11.6 Å². The van der Waals surface area contributed by atoms with Crippen molar-refractivity contribution in [1.29, 1.82) is 0 Å². The van der Waals surface area contributed by atoms with Crippen LogP contribution in [0.3, 0.4) is 0 Å². The maximum absolute atomic E-state index is 13.8. The molecule has 0 unspecified atom stereocenters. The average Bonchev–Trinajstić information content (AvgIpc) is 3.01. The average molecular weight is 356 g/mol. The number of carbonyl (C=O) groups excluding carboxylic acids is 2. The molecule has 5 nitrogen and oxygen atoms in total. The topological polar surface area (TPSA) is 58.6 Å². The molecule has 1 aliphatic heterocycles. The van der Waals surface area contributed by atoms with Crippen LogP contribution in [0.5, 0.6) is 5.75 Å². The lowest BCUT2D eigenvalue weighted by molar-refractivity contribution is -0.122. The third kappa shape index (κ3) is 3.85. The van der Waals surface area contributed by atoms with Crippen LogP contribution >= 0.6 is 0 Å². The highest BCUT2D eigenvalue weighted by Crippen LogP contribution is 2.28. The molecule has 2 aromatic carbocycles.